The first-order valence-corrected chi connectivity index (χ1v) is 14.8. The Labute approximate surface area is 256 Å². The molecule has 3 amide bonds. The number of benzene rings is 3. The highest BCUT2D eigenvalue weighted by atomic mass is 32.2. The molecular formula is C31H29F3N6O3S. The summed E-state index contributed by atoms with van der Waals surface area (Å²) in [6.45, 7) is 5.90. The Morgan fingerprint density at radius 2 is 1.84 bits per heavy atom. The fraction of sp³-hybridized carbons (Fsp3) is 0.258. The van der Waals surface area contributed by atoms with Crippen LogP contribution in [0.1, 0.15) is 30.5 Å². The van der Waals surface area contributed by atoms with Crippen LogP contribution in [0.2, 0.25) is 0 Å². The van der Waals surface area contributed by atoms with Crippen LogP contribution in [0.3, 0.4) is 0 Å². The minimum atomic E-state index is -4.76. The lowest BCUT2D eigenvalue weighted by atomic mass is 10.1. The molecular weight excluding hydrogens is 593 g/mol. The largest absolute Gasteiger partial charge is 0.573 e. The first kappa shape index (κ1) is 30.8. The number of rotatable bonds is 8. The lowest BCUT2D eigenvalue weighted by Crippen LogP contribution is -2.35. The van der Waals surface area contributed by atoms with Crippen molar-refractivity contribution in [2.24, 2.45) is 4.99 Å². The number of ether oxygens (including phenoxy) is 1. The molecule has 1 unspecified atom stereocenters. The van der Waals surface area contributed by atoms with Crippen molar-refractivity contribution in [3.05, 3.63) is 89.7 Å². The zero-order chi connectivity index (χ0) is 31.4. The van der Waals surface area contributed by atoms with Gasteiger partial charge in [-0.1, -0.05) is 60.6 Å². The third-order valence-electron chi connectivity index (χ3n) is 6.77. The lowest BCUT2D eigenvalue weighted by Gasteiger charge is -2.20. The van der Waals surface area contributed by atoms with Gasteiger partial charge in [0.1, 0.15) is 12.1 Å². The molecule has 3 aromatic carbocycles. The van der Waals surface area contributed by atoms with E-state index in [4.69, 9.17) is 0 Å². The van der Waals surface area contributed by atoms with Crippen molar-refractivity contribution in [3.8, 4) is 22.8 Å². The number of nitrogens with one attached hydrogen (secondary N) is 1. The van der Waals surface area contributed by atoms with Crippen molar-refractivity contribution in [1.82, 2.24) is 20.1 Å². The fourth-order valence-corrected chi connectivity index (χ4v) is 5.60. The average molecular weight is 623 g/mol. The predicted octanol–water partition coefficient (Wildman–Crippen LogP) is 6.48. The number of thioether (sulfide) groups is 1. The molecule has 1 N–H and O–H groups in total. The molecule has 4 aromatic rings. The molecule has 1 aliphatic rings. The standard InChI is InChI=1S/C31H29F3N6O3S/c1-4-22-15-19(2)5-14-26(22)40-27(41)17-44-30(40)37-29(42)36-20(3)16-21-6-8-23(9-7-21)28-35-18-39(38-28)24-10-12-25(13-11-24)43-31(32,33)34/h5-15,18,20H,4,16-17H2,1-3H3,(H,36,42). The van der Waals surface area contributed by atoms with E-state index < -0.39 is 12.4 Å². The van der Waals surface area contributed by atoms with Gasteiger partial charge in [0, 0.05) is 11.6 Å². The first-order valence-electron chi connectivity index (χ1n) is 13.8. The molecule has 0 aliphatic carbocycles. The van der Waals surface area contributed by atoms with Gasteiger partial charge in [-0.2, -0.15) is 4.99 Å². The number of amides is 3. The van der Waals surface area contributed by atoms with Gasteiger partial charge in [-0.25, -0.2) is 14.5 Å². The molecule has 1 atom stereocenters. The molecule has 0 radical (unpaired) electrons. The molecule has 1 saturated heterocycles. The van der Waals surface area contributed by atoms with Crippen LogP contribution in [-0.2, 0) is 17.6 Å². The van der Waals surface area contributed by atoms with Crippen molar-refractivity contribution >= 4 is 34.6 Å². The van der Waals surface area contributed by atoms with Gasteiger partial charge in [-0.3, -0.25) is 9.69 Å². The van der Waals surface area contributed by atoms with Crippen LogP contribution in [0.4, 0.5) is 23.7 Å². The Balaban J connectivity index is 1.19. The number of alkyl halides is 3. The highest BCUT2D eigenvalue weighted by molar-refractivity contribution is 8.15. The maximum Gasteiger partial charge on any atom is 0.573 e. The van der Waals surface area contributed by atoms with Gasteiger partial charge in [-0.05, 0) is 68.1 Å². The molecule has 1 aromatic heterocycles. The van der Waals surface area contributed by atoms with Crippen LogP contribution < -0.4 is 15.0 Å². The van der Waals surface area contributed by atoms with E-state index in [0.717, 1.165) is 34.4 Å². The Hall–Kier alpha value is -4.65. The van der Waals surface area contributed by atoms with Gasteiger partial charge in [0.2, 0.25) is 5.91 Å². The number of aromatic nitrogens is 3. The second kappa shape index (κ2) is 12.9. The molecule has 44 heavy (non-hydrogen) atoms. The van der Waals surface area contributed by atoms with Crippen molar-refractivity contribution in [3.63, 3.8) is 0 Å². The summed E-state index contributed by atoms with van der Waals surface area (Å²) in [5.41, 5.74) is 5.10. The van der Waals surface area contributed by atoms with E-state index in [9.17, 15) is 22.8 Å². The minimum absolute atomic E-state index is 0.110. The van der Waals surface area contributed by atoms with E-state index in [2.05, 4.69) is 25.1 Å². The third kappa shape index (κ3) is 7.46. The maximum atomic E-state index is 12.8. The normalized spacial score (nSPS) is 15.1. The maximum absolute atomic E-state index is 12.8. The van der Waals surface area contributed by atoms with Crippen molar-refractivity contribution < 1.29 is 27.5 Å². The fourth-order valence-electron chi connectivity index (χ4n) is 4.74. The predicted molar refractivity (Wildman–Crippen MR) is 163 cm³/mol. The van der Waals surface area contributed by atoms with Gasteiger partial charge in [0.05, 0.1) is 17.1 Å². The summed E-state index contributed by atoms with van der Waals surface area (Å²) in [4.78, 5) is 35.5. The van der Waals surface area contributed by atoms with Gasteiger partial charge < -0.3 is 10.1 Å². The van der Waals surface area contributed by atoms with Crippen molar-refractivity contribution in [1.29, 1.82) is 0 Å². The van der Waals surface area contributed by atoms with Gasteiger partial charge >= 0.3 is 12.4 Å². The topological polar surface area (TPSA) is 102 Å². The molecule has 5 rings (SSSR count). The molecule has 1 aliphatic heterocycles. The average Bonchev–Trinajstić information content (AvgIpc) is 3.60. The zero-order valence-electron chi connectivity index (χ0n) is 24.1. The van der Waals surface area contributed by atoms with Crippen LogP contribution in [0.25, 0.3) is 17.1 Å². The Bertz CT molecular complexity index is 1690. The summed E-state index contributed by atoms with van der Waals surface area (Å²) in [5, 5.41) is 7.67. The number of urea groups is 1. The summed E-state index contributed by atoms with van der Waals surface area (Å²) < 4.78 is 42.6. The number of hydrogen-bond donors (Lipinski definition) is 1. The summed E-state index contributed by atoms with van der Waals surface area (Å²) in [5.74, 6) is 0.233. The van der Waals surface area contributed by atoms with Crippen molar-refractivity contribution in [2.75, 3.05) is 10.7 Å². The Morgan fingerprint density at radius 1 is 1.11 bits per heavy atom. The Morgan fingerprint density at radius 3 is 2.52 bits per heavy atom. The summed E-state index contributed by atoms with van der Waals surface area (Å²) in [7, 11) is 0. The number of aryl methyl sites for hydroxylation is 2. The third-order valence-corrected chi connectivity index (χ3v) is 7.69. The first-order chi connectivity index (χ1) is 21.0. The van der Waals surface area contributed by atoms with Crippen LogP contribution in [-0.4, -0.2) is 50.0 Å². The summed E-state index contributed by atoms with van der Waals surface area (Å²) >= 11 is 1.24. The number of carbonyl (C=O) groups excluding carboxylic acids is 2. The summed E-state index contributed by atoms with van der Waals surface area (Å²) in [6, 6.07) is 18.0. The van der Waals surface area contributed by atoms with E-state index in [1.165, 1.54) is 51.9 Å². The second-order valence-electron chi connectivity index (χ2n) is 10.2. The highest BCUT2D eigenvalue weighted by Gasteiger charge is 2.32. The van der Waals surface area contributed by atoms with E-state index in [-0.39, 0.29) is 23.5 Å². The highest BCUT2D eigenvalue weighted by Crippen LogP contribution is 2.31. The Kier molecular flexibility index (Phi) is 9.04. The number of halogens is 3. The molecule has 13 heteroatoms. The summed E-state index contributed by atoms with van der Waals surface area (Å²) in [6.07, 6.45) is -2.00. The van der Waals surface area contributed by atoms with Gasteiger partial charge in [0.15, 0.2) is 11.0 Å². The molecule has 9 nitrogen and oxygen atoms in total. The second-order valence-corrected chi connectivity index (χ2v) is 11.1. The number of anilines is 1. The van der Waals surface area contributed by atoms with Gasteiger partial charge in [0.25, 0.3) is 0 Å². The molecule has 0 spiro atoms. The van der Waals surface area contributed by atoms with Crippen molar-refractivity contribution in [2.45, 2.75) is 46.0 Å². The quantitative estimate of drug-likeness (QED) is 0.241. The lowest BCUT2D eigenvalue weighted by molar-refractivity contribution is -0.274. The number of hydrogen-bond acceptors (Lipinski definition) is 6. The van der Waals surface area contributed by atoms with Crippen LogP contribution in [0.15, 0.2) is 78.0 Å². The smallest absolute Gasteiger partial charge is 0.406 e. The molecule has 228 valence electrons. The number of nitrogens with zero attached hydrogens (tertiary/aromatic N) is 5. The van der Waals surface area contributed by atoms with Gasteiger partial charge in [-0.15, -0.1) is 18.3 Å². The minimum Gasteiger partial charge on any atom is -0.406 e. The van der Waals surface area contributed by atoms with Crippen LogP contribution in [0, 0.1) is 6.92 Å². The van der Waals surface area contributed by atoms with E-state index in [1.54, 1.807) is 0 Å². The molecule has 0 bridgehead atoms. The molecule has 2 heterocycles. The SMILES string of the molecule is CCc1cc(C)ccc1N1C(=O)CSC1=NC(=O)NC(C)Cc1ccc(-c2ncn(-c3ccc(OC(F)(F)F)cc3)n2)cc1. The van der Waals surface area contributed by atoms with E-state index >= 15 is 0 Å². The monoisotopic (exact) mass is 622 g/mol. The van der Waals surface area contributed by atoms with Crippen LogP contribution >= 0.6 is 11.8 Å². The van der Waals surface area contributed by atoms with E-state index in [0.29, 0.717) is 23.1 Å². The number of amidine groups is 1. The van der Waals surface area contributed by atoms with Crippen LogP contribution in [0.5, 0.6) is 5.75 Å². The number of carbonyl (C=O) groups is 2. The zero-order valence-corrected chi connectivity index (χ0v) is 24.9. The number of aliphatic imine (C=N–C) groups is 1. The molecule has 1 fully saturated rings. The molecule has 0 saturated carbocycles. The van der Waals surface area contributed by atoms with E-state index in [1.807, 2.05) is 63.2 Å².